The Bertz CT molecular complexity index is 1950. The third-order valence-corrected chi connectivity index (χ3v) is 10.2. The van der Waals surface area contributed by atoms with E-state index in [-0.39, 0.29) is 46.9 Å². The van der Waals surface area contributed by atoms with Crippen molar-refractivity contribution in [2.24, 2.45) is 17.6 Å². The molecule has 1 saturated heterocycles. The van der Waals surface area contributed by atoms with Gasteiger partial charge < -0.3 is 32.0 Å². The highest BCUT2D eigenvalue weighted by Gasteiger charge is 2.61. The molecule has 1 aliphatic carbocycles. The van der Waals surface area contributed by atoms with Crippen LogP contribution in [0.5, 0.6) is 0 Å². The number of aromatic amines is 1. The number of benzene rings is 3. The fraction of sp³-hybridized carbons (Fsp3) is 0.421. The van der Waals surface area contributed by atoms with E-state index >= 15 is 0 Å². The predicted molar refractivity (Wildman–Crippen MR) is 190 cm³/mol. The van der Waals surface area contributed by atoms with Crippen LogP contribution in [0.1, 0.15) is 59.4 Å². The summed E-state index contributed by atoms with van der Waals surface area (Å²) in [5.74, 6) is -7.72. The molecule has 0 radical (unpaired) electrons. The van der Waals surface area contributed by atoms with Crippen molar-refractivity contribution < 1.29 is 36.3 Å². The summed E-state index contributed by atoms with van der Waals surface area (Å²) in [6.07, 6.45) is -1.99. The topological polar surface area (TPSA) is 154 Å². The van der Waals surface area contributed by atoms with Crippen LogP contribution in [0.4, 0.5) is 27.6 Å². The first kappa shape index (κ1) is 37.9. The van der Waals surface area contributed by atoms with Crippen LogP contribution in [0.15, 0.2) is 60.7 Å². The number of H-pyrrole nitrogens is 1. The van der Waals surface area contributed by atoms with E-state index in [1.807, 2.05) is 48.3 Å². The van der Waals surface area contributed by atoms with Gasteiger partial charge in [0.15, 0.2) is 5.82 Å². The number of fused-ring (bicyclic) bond motifs is 1. The summed E-state index contributed by atoms with van der Waals surface area (Å²) >= 11 is 0. The molecule has 4 aromatic rings. The molecule has 6 rings (SSSR count). The van der Waals surface area contributed by atoms with Crippen LogP contribution < -0.4 is 27.0 Å². The number of nitrogens with two attached hydrogens (primary N) is 1. The second-order valence-electron chi connectivity index (χ2n) is 14.0. The van der Waals surface area contributed by atoms with Crippen molar-refractivity contribution in [2.75, 3.05) is 25.0 Å². The summed E-state index contributed by atoms with van der Waals surface area (Å²) in [6.45, 7) is 4.09. The number of hydrogen-bond donors (Lipinski definition) is 6. The number of amides is 3. The van der Waals surface area contributed by atoms with Crippen LogP contribution >= 0.6 is 0 Å². The van der Waals surface area contributed by atoms with Crippen LogP contribution in [-0.4, -0.2) is 65.6 Å². The zero-order valence-electron chi connectivity index (χ0n) is 29.1. The second kappa shape index (κ2) is 15.6. The lowest BCUT2D eigenvalue weighted by molar-refractivity contribution is -0.292. The van der Waals surface area contributed by atoms with Gasteiger partial charge in [-0.2, -0.15) is 22.0 Å². The number of alkyl halides is 5. The summed E-state index contributed by atoms with van der Waals surface area (Å²) in [4.78, 5) is 45.4. The summed E-state index contributed by atoms with van der Waals surface area (Å²) in [5, 5.41) is 11.8. The third kappa shape index (κ3) is 8.68. The molecule has 7 N–H and O–H groups in total. The number of imidazole rings is 1. The number of nitrogens with zero attached hydrogens (tertiary/aromatic N) is 1. The van der Waals surface area contributed by atoms with Gasteiger partial charge >= 0.3 is 12.1 Å². The highest BCUT2D eigenvalue weighted by atomic mass is 19.4. The fourth-order valence-corrected chi connectivity index (χ4v) is 6.99. The number of anilines is 1. The molecule has 2 heterocycles. The fourth-order valence-electron chi connectivity index (χ4n) is 6.99. The van der Waals surface area contributed by atoms with Crippen molar-refractivity contribution in [1.82, 2.24) is 25.9 Å². The standard InChI is InChI=1S/C38H42F5N7O3/c1-21-16-26(34(52)47-28-14-15-45-20-28)10-12-29(21)24-6-2-22(3-7-24)17-32(48-33(51)25-8-4-23(19-44)5-9-25)35(53)46-27-11-13-30-31(18-27)50-36(49-30)37(39,40)38(41,42)43/h2-3,6-7,10-13,16,18,23,25,28,32,45H,4-5,8-9,14-15,17,19-20,44H2,1H3,(H,46,53)(H,47,52)(H,48,51)(H,49,50)/t23-,25-,28-,32+/m1/s1. The monoisotopic (exact) mass is 739 g/mol. The molecule has 3 aromatic carbocycles. The summed E-state index contributed by atoms with van der Waals surface area (Å²) in [7, 11) is 0. The van der Waals surface area contributed by atoms with Crippen molar-refractivity contribution >= 4 is 34.4 Å². The van der Waals surface area contributed by atoms with Crippen molar-refractivity contribution in [3.63, 3.8) is 0 Å². The van der Waals surface area contributed by atoms with Gasteiger partial charge in [-0.3, -0.25) is 14.4 Å². The van der Waals surface area contributed by atoms with Crippen LogP contribution in [0.25, 0.3) is 22.2 Å². The molecule has 2 aliphatic rings. The minimum atomic E-state index is -5.85. The van der Waals surface area contributed by atoms with E-state index in [1.54, 1.807) is 6.07 Å². The molecule has 0 spiro atoms. The maximum atomic E-state index is 13.9. The number of hydrogen-bond acceptors (Lipinski definition) is 6. The minimum absolute atomic E-state index is 0.0743. The molecule has 2 fully saturated rings. The molecule has 0 bridgehead atoms. The Morgan fingerprint density at radius 3 is 2.32 bits per heavy atom. The molecule has 0 unspecified atom stereocenters. The minimum Gasteiger partial charge on any atom is -0.348 e. The average Bonchev–Trinajstić information content (AvgIpc) is 3.81. The van der Waals surface area contributed by atoms with Crippen LogP contribution in [0.2, 0.25) is 0 Å². The number of carbonyl (C=O) groups excluding carboxylic acids is 3. The quantitative estimate of drug-likeness (QED) is 0.108. The van der Waals surface area contributed by atoms with Gasteiger partial charge in [-0.05, 0) is 111 Å². The Labute approximate surface area is 302 Å². The Morgan fingerprint density at radius 2 is 1.68 bits per heavy atom. The Morgan fingerprint density at radius 1 is 0.943 bits per heavy atom. The van der Waals surface area contributed by atoms with Crippen molar-refractivity contribution in [3.05, 3.63) is 83.2 Å². The van der Waals surface area contributed by atoms with Gasteiger partial charge in [0.25, 0.3) is 5.91 Å². The predicted octanol–water partition coefficient (Wildman–Crippen LogP) is 5.72. The molecule has 282 valence electrons. The largest absolute Gasteiger partial charge is 0.461 e. The van der Waals surface area contributed by atoms with Gasteiger partial charge in [-0.15, -0.1) is 0 Å². The lowest BCUT2D eigenvalue weighted by Crippen LogP contribution is -2.48. The normalized spacial score (nSPS) is 19.9. The van der Waals surface area contributed by atoms with Crippen LogP contribution in [0, 0.1) is 18.8 Å². The summed E-state index contributed by atoms with van der Waals surface area (Å²) < 4.78 is 66.7. The Balaban J connectivity index is 1.18. The van der Waals surface area contributed by atoms with E-state index < -0.39 is 29.9 Å². The lowest BCUT2D eigenvalue weighted by atomic mass is 9.81. The maximum Gasteiger partial charge on any atom is 0.461 e. The van der Waals surface area contributed by atoms with E-state index in [0.29, 0.717) is 30.9 Å². The van der Waals surface area contributed by atoms with Crippen LogP contribution in [0.3, 0.4) is 0 Å². The van der Waals surface area contributed by atoms with E-state index in [9.17, 15) is 36.3 Å². The van der Waals surface area contributed by atoms with E-state index in [1.165, 1.54) is 18.2 Å². The molecule has 15 heteroatoms. The number of nitrogens with one attached hydrogen (secondary N) is 5. The highest BCUT2D eigenvalue weighted by molar-refractivity contribution is 5.99. The molecule has 53 heavy (non-hydrogen) atoms. The molecule has 10 nitrogen and oxygen atoms in total. The molecule has 1 aromatic heterocycles. The number of aryl methyl sites for hydroxylation is 1. The first-order valence-electron chi connectivity index (χ1n) is 17.7. The highest BCUT2D eigenvalue weighted by Crippen LogP contribution is 2.43. The van der Waals surface area contributed by atoms with E-state index in [2.05, 4.69) is 26.3 Å². The zero-order valence-corrected chi connectivity index (χ0v) is 29.1. The smallest absolute Gasteiger partial charge is 0.348 e. The van der Waals surface area contributed by atoms with Gasteiger partial charge in [0, 0.05) is 36.2 Å². The van der Waals surface area contributed by atoms with Crippen molar-refractivity contribution in [3.8, 4) is 11.1 Å². The van der Waals surface area contributed by atoms with Gasteiger partial charge in [-0.1, -0.05) is 30.3 Å². The molecular weight excluding hydrogens is 697 g/mol. The molecule has 1 saturated carbocycles. The second-order valence-corrected chi connectivity index (χ2v) is 14.0. The average molecular weight is 740 g/mol. The van der Waals surface area contributed by atoms with Gasteiger partial charge in [0.1, 0.15) is 6.04 Å². The van der Waals surface area contributed by atoms with E-state index in [4.69, 9.17) is 5.73 Å². The SMILES string of the molecule is Cc1cc(C(=O)N[C@@H]2CCNC2)ccc1-c1ccc(C[C@H](NC(=O)[C@H]2CC[C@H](CN)CC2)C(=O)Nc2ccc3[nH]c(C(F)(F)C(F)(F)F)nc3c2)cc1. The first-order valence-corrected chi connectivity index (χ1v) is 17.7. The van der Waals surface area contributed by atoms with Crippen LogP contribution in [-0.2, 0) is 21.9 Å². The molecular formula is C38H42F5N7O3. The van der Waals surface area contributed by atoms with Crippen molar-refractivity contribution in [2.45, 2.75) is 69.6 Å². The van der Waals surface area contributed by atoms with Gasteiger partial charge in [0.2, 0.25) is 11.8 Å². The lowest BCUT2D eigenvalue weighted by Gasteiger charge is -2.28. The van der Waals surface area contributed by atoms with Gasteiger partial charge in [-0.25, -0.2) is 4.98 Å². The number of carbonyl (C=O) groups is 3. The maximum absolute atomic E-state index is 13.9. The summed E-state index contributed by atoms with van der Waals surface area (Å²) in [6, 6.07) is 15.8. The first-order chi connectivity index (χ1) is 25.2. The zero-order chi connectivity index (χ0) is 37.9. The Kier molecular flexibility index (Phi) is 11.1. The summed E-state index contributed by atoms with van der Waals surface area (Å²) in [5.41, 5.74) is 9.67. The number of rotatable bonds is 11. The Hall–Kier alpha value is -4.89. The number of halogens is 5. The van der Waals surface area contributed by atoms with Gasteiger partial charge in [0.05, 0.1) is 11.0 Å². The molecule has 1 aliphatic heterocycles. The molecule has 2 atom stereocenters. The number of aromatic nitrogens is 2. The van der Waals surface area contributed by atoms with E-state index in [0.717, 1.165) is 54.6 Å². The van der Waals surface area contributed by atoms with Crippen molar-refractivity contribution in [1.29, 1.82) is 0 Å². The molecule has 3 amide bonds. The third-order valence-electron chi connectivity index (χ3n) is 10.2.